The molecule has 0 aromatic carbocycles. The third-order valence-electron chi connectivity index (χ3n) is 4.66. The van der Waals surface area contributed by atoms with Crippen LogP contribution >= 0.6 is 0 Å². The standard InChI is InChI=1S/C19H28F2N8O2/c1-19(2,3)6-16(30)15-10-28(25-23-15)5-4-13(20)9-29-11-17(24-26-29)22-18(31)12-27-7-14(21)8-27/h10-11,13-14H,4-9,12H2,1-3H3,(H,22,31). The van der Waals surface area contributed by atoms with Gasteiger partial charge in [0.1, 0.15) is 18.0 Å². The van der Waals surface area contributed by atoms with E-state index >= 15 is 0 Å². The summed E-state index contributed by atoms with van der Waals surface area (Å²) in [5, 5.41) is 17.9. The van der Waals surface area contributed by atoms with Gasteiger partial charge in [-0.15, -0.1) is 10.2 Å². The molecule has 0 radical (unpaired) electrons. The minimum absolute atomic E-state index is 0.0387. The van der Waals surface area contributed by atoms with Crippen molar-refractivity contribution in [2.75, 3.05) is 25.0 Å². The topological polar surface area (TPSA) is 111 Å². The Labute approximate surface area is 179 Å². The largest absolute Gasteiger partial charge is 0.307 e. The third kappa shape index (κ3) is 7.16. The second-order valence-electron chi connectivity index (χ2n) is 9.08. The number of nitrogens with zero attached hydrogens (tertiary/aromatic N) is 7. The predicted molar refractivity (Wildman–Crippen MR) is 108 cm³/mol. The highest BCUT2D eigenvalue weighted by Gasteiger charge is 2.27. The minimum Gasteiger partial charge on any atom is -0.307 e. The maximum Gasteiger partial charge on any atom is 0.239 e. The Kier molecular flexibility index (Phi) is 7.08. The first kappa shape index (κ1) is 22.9. The maximum atomic E-state index is 14.3. The van der Waals surface area contributed by atoms with E-state index in [9.17, 15) is 18.4 Å². The van der Waals surface area contributed by atoms with Crippen LogP contribution in [-0.2, 0) is 17.9 Å². The van der Waals surface area contributed by atoms with E-state index < -0.39 is 12.3 Å². The molecule has 10 nitrogen and oxygen atoms in total. The summed E-state index contributed by atoms with van der Waals surface area (Å²) < 4.78 is 29.9. The van der Waals surface area contributed by atoms with Crippen LogP contribution in [0.3, 0.4) is 0 Å². The lowest BCUT2D eigenvalue weighted by atomic mass is 9.89. The van der Waals surface area contributed by atoms with Gasteiger partial charge in [-0.3, -0.25) is 19.2 Å². The average molecular weight is 438 g/mol. The molecule has 1 atom stereocenters. The van der Waals surface area contributed by atoms with Crippen molar-refractivity contribution in [2.45, 2.75) is 59.0 Å². The van der Waals surface area contributed by atoms with Crippen LogP contribution in [0.4, 0.5) is 14.6 Å². The van der Waals surface area contributed by atoms with E-state index in [1.54, 1.807) is 4.90 Å². The molecule has 3 rings (SSSR count). The number of nitrogens with one attached hydrogen (secondary N) is 1. The Bertz CT molecular complexity index is 901. The van der Waals surface area contributed by atoms with E-state index in [0.29, 0.717) is 6.42 Å². The third-order valence-corrected chi connectivity index (χ3v) is 4.66. The summed E-state index contributed by atoms with van der Waals surface area (Å²) in [7, 11) is 0. The van der Waals surface area contributed by atoms with Crippen LogP contribution in [0.1, 0.15) is 44.1 Å². The van der Waals surface area contributed by atoms with Gasteiger partial charge in [-0.2, -0.15) is 0 Å². The molecule has 1 amide bonds. The van der Waals surface area contributed by atoms with Gasteiger partial charge in [0.15, 0.2) is 11.6 Å². The monoisotopic (exact) mass is 438 g/mol. The summed E-state index contributed by atoms with van der Waals surface area (Å²) in [5.74, 6) is -0.196. The number of anilines is 1. The maximum absolute atomic E-state index is 14.3. The molecule has 2 aromatic rings. The average Bonchev–Trinajstić information content (AvgIpc) is 3.27. The highest BCUT2D eigenvalue weighted by molar-refractivity contribution is 5.94. The lowest BCUT2D eigenvalue weighted by Crippen LogP contribution is -2.51. The van der Waals surface area contributed by atoms with E-state index in [-0.39, 0.29) is 67.8 Å². The number of likely N-dealkylation sites (tertiary alicyclic amines) is 1. The number of carbonyl (C=O) groups excluding carboxylic acids is 2. The van der Waals surface area contributed by atoms with Gasteiger partial charge < -0.3 is 5.32 Å². The molecule has 1 saturated heterocycles. The lowest BCUT2D eigenvalue weighted by Gasteiger charge is -2.33. The normalized spacial score (nSPS) is 16.2. The number of alkyl halides is 2. The van der Waals surface area contributed by atoms with Crippen LogP contribution in [-0.4, -0.2) is 78.6 Å². The SMILES string of the molecule is CC(C)(C)CC(=O)c1cn(CCC(F)Cn2cc(NC(=O)CN3CC(F)C3)nn2)nn1. The van der Waals surface area contributed by atoms with Gasteiger partial charge in [0.05, 0.1) is 25.5 Å². The number of ketones is 1. The summed E-state index contributed by atoms with van der Waals surface area (Å²) in [4.78, 5) is 25.7. The molecule has 0 saturated carbocycles. The second-order valence-corrected chi connectivity index (χ2v) is 9.08. The fourth-order valence-electron chi connectivity index (χ4n) is 3.14. The van der Waals surface area contributed by atoms with Crippen LogP contribution in [0.5, 0.6) is 0 Å². The number of halogens is 2. The molecule has 1 aliphatic rings. The quantitative estimate of drug-likeness (QED) is 0.560. The first-order valence-corrected chi connectivity index (χ1v) is 10.2. The molecule has 170 valence electrons. The summed E-state index contributed by atoms with van der Waals surface area (Å²) in [5.41, 5.74) is 0.134. The van der Waals surface area contributed by atoms with Gasteiger partial charge in [0.25, 0.3) is 0 Å². The first-order valence-electron chi connectivity index (χ1n) is 10.2. The molecular formula is C19H28F2N8O2. The van der Waals surface area contributed by atoms with Gasteiger partial charge in [0, 0.05) is 32.5 Å². The van der Waals surface area contributed by atoms with Crippen LogP contribution in [0.2, 0.25) is 0 Å². The van der Waals surface area contributed by atoms with E-state index in [1.165, 1.54) is 21.8 Å². The summed E-state index contributed by atoms with van der Waals surface area (Å²) >= 11 is 0. The number of rotatable bonds is 10. The van der Waals surface area contributed by atoms with Crippen molar-refractivity contribution in [1.29, 1.82) is 0 Å². The molecule has 0 bridgehead atoms. The molecule has 1 N–H and O–H groups in total. The summed E-state index contributed by atoms with van der Waals surface area (Å²) in [6.07, 6.45) is 1.38. The van der Waals surface area contributed by atoms with Crippen molar-refractivity contribution in [3.05, 3.63) is 18.1 Å². The molecule has 12 heteroatoms. The Morgan fingerprint density at radius 2 is 1.90 bits per heavy atom. The molecule has 2 aromatic heterocycles. The number of aryl methyl sites for hydroxylation is 1. The second kappa shape index (κ2) is 9.58. The Balaban J connectivity index is 1.40. The minimum atomic E-state index is -1.23. The van der Waals surface area contributed by atoms with Crippen LogP contribution < -0.4 is 5.32 Å². The highest BCUT2D eigenvalue weighted by atomic mass is 19.1. The van der Waals surface area contributed by atoms with Gasteiger partial charge in [-0.1, -0.05) is 31.2 Å². The molecule has 1 fully saturated rings. The summed E-state index contributed by atoms with van der Waals surface area (Å²) in [6.45, 7) is 6.72. The van der Waals surface area contributed by atoms with Gasteiger partial charge >= 0.3 is 0 Å². The number of aromatic nitrogens is 6. The van der Waals surface area contributed by atoms with Gasteiger partial charge in [0.2, 0.25) is 5.91 Å². The molecule has 1 unspecified atom stereocenters. The van der Waals surface area contributed by atoms with Gasteiger partial charge in [-0.25, -0.2) is 13.5 Å². The van der Waals surface area contributed by atoms with Crippen LogP contribution in [0.25, 0.3) is 0 Å². The summed E-state index contributed by atoms with van der Waals surface area (Å²) in [6, 6.07) is 0. The lowest BCUT2D eigenvalue weighted by molar-refractivity contribution is -0.119. The van der Waals surface area contributed by atoms with E-state index in [1.807, 2.05) is 20.8 Å². The molecule has 1 aliphatic heterocycles. The fourth-order valence-corrected chi connectivity index (χ4v) is 3.14. The highest BCUT2D eigenvalue weighted by Crippen LogP contribution is 2.20. The van der Waals surface area contributed by atoms with Crippen molar-refractivity contribution >= 4 is 17.5 Å². The molecular weight excluding hydrogens is 410 g/mol. The number of Topliss-reactive ketones (excluding diaryl/α,β-unsaturated/α-hetero) is 1. The first-order chi connectivity index (χ1) is 14.6. The van der Waals surface area contributed by atoms with Crippen LogP contribution in [0, 0.1) is 5.41 Å². The number of hydrogen-bond donors (Lipinski definition) is 1. The predicted octanol–water partition coefficient (Wildman–Crippen LogP) is 1.51. The Morgan fingerprint density at radius 1 is 1.19 bits per heavy atom. The number of amides is 1. The van der Waals surface area contributed by atoms with Crippen molar-refractivity contribution < 1.29 is 18.4 Å². The van der Waals surface area contributed by atoms with Crippen molar-refractivity contribution in [3.63, 3.8) is 0 Å². The zero-order valence-corrected chi connectivity index (χ0v) is 18.0. The van der Waals surface area contributed by atoms with Crippen molar-refractivity contribution in [1.82, 2.24) is 34.9 Å². The smallest absolute Gasteiger partial charge is 0.239 e. The number of hydrogen-bond acceptors (Lipinski definition) is 7. The van der Waals surface area contributed by atoms with Crippen molar-refractivity contribution in [3.8, 4) is 0 Å². The molecule has 3 heterocycles. The van der Waals surface area contributed by atoms with E-state index in [4.69, 9.17) is 0 Å². The molecule has 31 heavy (non-hydrogen) atoms. The Hall–Kier alpha value is -2.76. The Morgan fingerprint density at radius 3 is 2.58 bits per heavy atom. The fraction of sp³-hybridized carbons (Fsp3) is 0.684. The van der Waals surface area contributed by atoms with Gasteiger partial charge in [-0.05, 0) is 5.41 Å². The van der Waals surface area contributed by atoms with Crippen LogP contribution in [0.15, 0.2) is 12.4 Å². The zero-order chi connectivity index (χ0) is 22.6. The van der Waals surface area contributed by atoms with E-state index in [2.05, 4.69) is 25.9 Å². The molecule has 0 spiro atoms. The van der Waals surface area contributed by atoms with E-state index in [0.717, 1.165) is 0 Å². The molecule has 0 aliphatic carbocycles. The number of carbonyl (C=O) groups is 2. The zero-order valence-electron chi connectivity index (χ0n) is 18.0. The van der Waals surface area contributed by atoms with Crippen molar-refractivity contribution in [2.24, 2.45) is 5.41 Å².